The first-order valence-electron chi connectivity index (χ1n) is 7.03. The van der Waals surface area contributed by atoms with Gasteiger partial charge in [-0.05, 0) is 37.3 Å². The van der Waals surface area contributed by atoms with Gasteiger partial charge < -0.3 is 4.42 Å². The van der Waals surface area contributed by atoms with E-state index in [0.29, 0.717) is 17.3 Å². The quantitative estimate of drug-likeness (QED) is 0.327. The Balaban J connectivity index is 1.76. The fourth-order valence-corrected chi connectivity index (χ4v) is 3.54. The standard InChI is InChI=1S/C16H12BrN3O3S/c1-10(24-14-4-2-3-12(17)9-14)15-18-19-16(23-15)11-5-7-13(8-6-11)20(21)22/h2-10H,1H3. The summed E-state index contributed by atoms with van der Waals surface area (Å²) in [5, 5.41) is 18.8. The maximum atomic E-state index is 10.7. The predicted molar refractivity (Wildman–Crippen MR) is 94.8 cm³/mol. The highest BCUT2D eigenvalue weighted by Gasteiger charge is 2.17. The average molecular weight is 406 g/mol. The molecule has 8 heteroatoms. The van der Waals surface area contributed by atoms with Crippen molar-refractivity contribution in [3.8, 4) is 11.5 Å². The van der Waals surface area contributed by atoms with Gasteiger partial charge in [-0.25, -0.2) is 0 Å². The largest absolute Gasteiger partial charge is 0.419 e. The fourth-order valence-electron chi connectivity index (χ4n) is 2.04. The lowest BCUT2D eigenvalue weighted by molar-refractivity contribution is -0.384. The second kappa shape index (κ2) is 7.14. The van der Waals surface area contributed by atoms with Crippen molar-refractivity contribution in [3.63, 3.8) is 0 Å². The Labute approximate surface area is 150 Å². The van der Waals surface area contributed by atoms with Crippen LogP contribution < -0.4 is 0 Å². The lowest BCUT2D eigenvalue weighted by Crippen LogP contribution is -1.88. The molecule has 0 bridgehead atoms. The number of non-ortho nitro benzene ring substituents is 1. The van der Waals surface area contributed by atoms with Crippen LogP contribution >= 0.6 is 27.7 Å². The van der Waals surface area contributed by atoms with Gasteiger partial charge in [-0.1, -0.05) is 22.0 Å². The van der Waals surface area contributed by atoms with Gasteiger partial charge in [0.25, 0.3) is 5.69 Å². The van der Waals surface area contributed by atoms with E-state index in [2.05, 4.69) is 26.1 Å². The predicted octanol–water partition coefficient (Wildman–Crippen LogP) is 5.26. The highest BCUT2D eigenvalue weighted by atomic mass is 79.9. The molecule has 24 heavy (non-hydrogen) atoms. The molecule has 0 aliphatic rings. The molecule has 2 aromatic carbocycles. The lowest BCUT2D eigenvalue weighted by Gasteiger charge is -2.06. The fraction of sp³-hybridized carbons (Fsp3) is 0.125. The van der Waals surface area contributed by atoms with Gasteiger partial charge in [-0.15, -0.1) is 22.0 Å². The SMILES string of the molecule is CC(Sc1cccc(Br)c1)c1nnc(-c2ccc([N+](=O)[O-])cc2)o1. The molecule has 1 heterocycles. The van der Waals surface area contributed by atoms with Gasteiger partial charge in [0.1, 0.15) is 0 Å². The van der Waals surface area contributed by atoms with E-state index in [-0.39, 0.29) is 10.9 Å². The van der Waals surface area contributed by atoms with Crippen LogP contribution in [0.2, 0.25) is 0 Å². The maximum absolute atomic E-state index is 10.7. The van der Waals surface area contributed by atoms with E-state index >= 15 is 0 Å². The topological polar surface area (TPSA) is 82.1 Å². The summed E-state index contributed by atoms with van der Waals surface area (Å²) in [7, 11) is 0. The van der Waals surface area contributed by atoms with Crippen LogP contribution in [0.4, 0.5) is 5.69 Å². The van der Waals surface area contributed by atoms with Crippen molar-refractivity contribution in [2.45, 2.75) is 17.1 Å². The Morgan fingerprint density at radius 1 is 1.21 bits per heavy atom. The Morgan fingerprint density at radius 3 is 2.62 bits per heavy atom. The maximum Gasteiger partial charge on any atom is 0.269 e. The smallest absolute Gasteiger partial charge is 0.269 e. The number of benzene rings is 2. The Hall–Kier alpha value is -2.19. The molecular formula is C16H12BrN3O3S. The van der Waals surface area contributed by atoms with Crippen LogP contribution in [-0.2, 0) is 0 Å². The number of nitro benzene ring substituents is 1. The molecule has 0 amide bonds. The minimum atomic E-state index is -0.445. The second-order valence-corrected chi connectivity index (χ2v) is 7.30. The van der Waals surface area contributed by atoms with Crippen molar-refractivity contribution in [3.05, 3.63) is 69.0 Å². The third-order valence-electron chi connectivity index (χ3n) is 3.22. The number of rotatable bonds is 5. The molecule has 0 N–H and O–H groups in total. The van der Waals surface area contributed by atoms with Crippen LogP contribution in [0, 0.1) is 10.1 Å². The summed E-state index contributed by atoms with van der Waals surface area (Å²) in [6.07, 6.45) is 0. The summed E-state index contributed by atoms with van der Waals surface area (Å²) < 4.78 is 6.72. The van der Waals surface area contributed by atoms with Crippen molar-refractivity contribution in [1.29, 1.82) is 0 Å². The minimum Gasteiger partial charge on any atom is -0.419 e. The number of nitro groups is 1. The van der Waals surface area contributed by atoms with Gasteiger partial charge >= 0.3 is 0 Å². The highest BCUT2D eigenvalue weighted by molar-refractivity contribution is 9.10. The van der Waals surface area contributed by atoms with E-state index < -0.39 is 4.92 Å². The number of halogens is 1. The molecule has 0 spiro atoms. The minimum absolute atomic E-state index is 0.0152. The van der Waals surface area contributed by atoms with Crippen LogP contribution in [0.1, 0.15) is 18.1 Å². The van der Waals surface area contributed by atoms with Gasteiger partial charge in [-0.3, -0.25) is 10.1 Å². The first-order chi connectivity index (χ1) is 11.5. The monoisotopic (exact) mass is 405 g/mol. The number of hydrogen-bond acceptors (Lipinski definition) is 6. The van der Waals surface area contributed by atoms with E-state index in [1.807, 2.05) is 31.2 Å². The molecule has 1 unspecified atom stereocenters. The Bertz CT molecular complexity index is 867. The van der Waals surface area contributed by atoms with E-state index in [9.17, 15) is 10.1 Å². The van der Waals surface area contributed by atoms with E-state index in [1.165, 1.54) is 12.1 Å². The summed E-state index contributed by atoms with van der Waals surface area (Å²) >= 11 is 5.06. The van der Waals surface area contributed by atoms with Crippen molar-refractivity contribution in [2.75, 3.05) is 0 Å². The highest BCUT2D eigenvalue weighted by Crippen LogP contribution is 2.36. The molecular weight excluding hydrogens is 394 g/mol. The normalized spacial score (nSPS) is 12.1. The molecule has 3 rings (SSSR count). The third kappa shape index (κ3) is 3.82. The van der Waals surface area contributed by atoms with Gasteiger partial charge in [0.2, 0.25) is 11.8 Å². The molecule has 6 nitrogen and oxygen atoms in total. The molecule has 0 fully saturated rings. The van der Waals surface area contributed by atoms with Crippen molar-refractivity contribution < 1.29 is 9.34 Å². The second-order valence-electron chi connectivity index (χ2n) is 4.97. The summed E-state index contributed by atoms with van der Waals surface area (Å²) in [6, 6.07) is 14.0. The lowest BCUT2D eigenvalue weighted by atomic mass is 10.2. The van der Waals surface area contributed by atoms with Crippen molar-refractivity contribution in [2.24, 2.45) is 0 Å². The molecule has 1 aromatic heterocycles. The van der Waals surface area contributed by atoms with E-state index in [0.717, 1.165) is 9.37 Å². The molecule has 1 atom stereocenters. The zero-order chi connectivity index (χ0) is 17.1. The van der Waals surface area contributed by atoms with Gasteiger partial charge in [-0.2, -0.15) is 0 Å². The van der Waals surface area contributed by atoms with Crippen LogP contribution in [0.5, 0.6) is 0 Å². The van der Waals surface area contributed by atoms with Gasteiger partial charge in [0, 0.05) is 27.1 Å². The molecule has 0 aliphatic carbocycles. The van der Waals surface area contributed by atoms with Crippen LogP contribution in [0.15, 0.2) is 62.3 Å². The first-order valence-corrected chi connectivity index (χ1v) is 8.70. The number of nitrogens with zero attached hydrogens (tertiary/aromatic N) is 3. The Kier molecular flexibility index (Phi) is 4.96. The summed E-state index contributed by atoms with van der Waals surface area (Å²) in [5.41, 5.74) is 0.677. The van der Waals surface area contributed by atoms with E-state index in [4.69, 9.17) is 4.42 Å². The first kappa shape index (κ1) is 16.7. The molecule has 0 radical (unpaired) electrons. The number of thioether (sulfide) groups is 1. The Morgan fingerprint density at radius 2 is 1.96 bits per heavy atom. The van der Waals surface area contributed by atoms with Crippen LogP contribution in [0.25, 0.3) is 11.5 Å². The molecule has 0 saturated heterocycles. The molecule has 0 saturated carbocycles. The average Bonchev–Trinajstić information content (AvgIpc) is 3.05. The van der Waals surface area contributed by atoms with Crippen LogP contribution in [0.3, 0.4) is 0 Å². The van der Waals surface area contributed by atoms with Crippen LogP contribution in [-0.4, -0.2) is 15.1 Å². The summed E-state index contributed by atoms with van der Waals surface area (Å²) in [4.78, 5) is 11.3. The number of hydrogen-bond donors (Lipinski definition) is 0. The zero-order valence-corrected chi connectivity index (χ0v) is 15.0. The zero-order valence-electron chi connectivity index (χ0n) is 12.5. The molecule has 3 aromatic rings. The van der Waals surface area contributed by atoms with Crippen molar-refractivity contribution in [1.82, 2.24) is 10.2 Å². The molecule has 0 aliphatic heterocycles. The van der Waals surface area contributed by atoms with Gasteiger partial charge in [0.05, 0.1) is 10.2 Å². The number of aromatic nitrogens is 2. The van der Waals surface area contributed by atoms with Crippen molar-refractivity contribution >= 4 is 33.4 Å². The molecule has 122 valence electrons. The van der Waals surface area contributed by atoms with Gasteiger partial charge in [0.15, 0.2) is 0 Å². The summed E-state index contributed by atoms with van der Waals surface area (Å²) in [6.45, 7) is 1.98. The van der Waals surface area contributed by atoms with E-state index in [1.54, 1.807) is 23.9 Å². The third-order valence-corrected chi connectivity index (χ3v) is 4.80. The summed E-state index contributed by atoms with van der Waals surface area (Å²) in [5.74, 6) is 0.856.